The first-order valence-corrected chi connectivity index (χ1v) is 7.03. The summed E-state index contributed by atoms with van der Waals surface area (Å²) < 4.78 is 0. The predicted molar refractivity (Wildman–Crippen MR) is 88.7 cm³/mol. The third-order valence-corrected chi connectivity index (χ3v) is 2.71. The SMILES string of the molecule is C.CC.CCC.c1ccc2c(c1)Cc1ccccc1-2. The van der Waals surface area contributed by atoms with Crippen LogP contribution in [0.5, 0.6) is 0 Å². The monoisotopic (exact) mass is 256 g/mol. The van der Waals surface area contributed by atoms with Crippen LogP contribution in [0.4, 0.5) is 0 Å². The second-order valence-corrected chi connectivity index (χ2v) is 4.20. The van der Waals surface area contributed by atoms with Gasteiger partial charge in [0.2, 0.25) is 0 Å². The van der Waals surface area contributed by atoms with Gasteiger partial charge < -0.3 is 0 Å². The van der Waals surface area contributed by atoms with E-state index in [0.29, 0.717) is 0 Å². The van der Waals surface area contributed by atoms with Crippen molar-refractivity contribution in [2.75, 3.05) is 0 Å². The summed E-state index contributed by atoms with van der Waals surface area (Å²) in [5.74, 6) is 0. The Morgan fingerprint density at radius 1 is 0.737 bits per heavy atom. The number of hydrogen-bond acceptors (Lipinski definition) is 0. The molecule has 3 rings (SSSR count). The van der Waals surface area contributed by atoms with Gasteiger partial charge in [-0.25, -0.2) is 0 Å². The quantitative estimate of drug-likeness (QED) is 0.440. The standard InChI is InChI=1S/C13H10.C3H8.C2H6.CH4/c1-3-7-12-10(5-1)9-11-6-2-4-8-13(11)12;1-3-2;1-2;/h1-8H,9H2;3H2,1-2H3;1-2H3;1H4. The van der Waals surface area contributed by atoms with Crippen molar-refractivity contribution in [3.05, 3.63) is 59.7 Å². The highest BCUT2D eigenvalue weighted by atomic mass is 14.2. The molecule has 2 aromatic rings. The Balaban J connectivity index is 0.000000483. The molecule has 0 amide bonds. The Morgan fingerprint density at radius 2 is 1.05 bits per heavy atom. The average Bonchev–Trinajstić information content (AvgIpc) is 2.80. The zero-order valence-corrected chi connectivity index (χ0v) is 12.0. The molecule has 0 heteroatoms. The van der Waals surface area contributed by atoms with Gasteiger partial charge in [-0.2, -0.15) is 0 Å². The normalized spacial score (nSPS) is 9.68. The van der Waals surface area contributed by atoms with Crippen LogP contribution in [-0.2, 0) is 6.42 Å². The molecule has 104 valence electrons. The lowest BCUT2D eigenvalue weighted by atomic mass is 10.1. The third-order valence-electron chi connectivity index (χ3n) is 2.71. The van der Waals surface area contributed by atoms with E-state index in [9.17, 15) is 0 Å². The molecule has 0 fully saturated rings. The molecule has 0 heterocycles. The molecule has 2 aromatic carbocycles. The number of rotatable bonds is 0. The van der Waals surface area contributed by atoms with Crippen molar-refractivity contribution >= 4 is 0 Å². The molecular formula is C19H28. The lowest BCUT2D eigenvalue weighted by Crippen LogP contribution is -1.77. The average molecular weight is 256 g/mol. The maximum absolute atomic E-state index is 2.22. The van der Waals surface area contributed by atoms with Crippen LogP contribution < -0.4 is 0 Å². The summed E-state index contributed by atoms with van der Waals surface area (Å²) in [4.78, 5) is 0. The van der Waals surface area contributed by atoms with Crippen LogP contribution in [0.3, 0.4) is 0 Å². The molecule has 0 spiro atoms. The van der Waals surface area contributed by atoms with Crippen LogP contribution in [0.25, 0.3) is 11.1 Å². The lowest BCUT2D eigenvalue weighted by molar-refractivity contribution is 1.09. The van der Waals surface area contributed by atoms with Crippen molar-refractivity contribution in [2.45, 2.75) is 48.0 Å². The highest BCUT2D eigenvalue weighted by Crippen LogP contribution is 2.35. The van der Waals surface area contributed by atoms with Gasteiger partial charge in [0, 0.05) is 0 Å². The summed E-state index contributed by atoms with van der Waals surface area (Å²) in [6.07, 6.45) is 2.35. The Hall–Kier alpha value is -1.56. The molecule has 0 bridgehead atoms. The van der Waals surface area contributed by atoms with Crippen molar-refractivity contribution in [3.63, 3.8) is 0 Å². The zero-order valence-electron chi connectivity index (χ0n) is 12.0. The minimum absolute atomic E-state index is 0. The fourth-order valence-electron chi connectivity index (χ4n) is 2.08. The van der Waals surface area contributed by atoms with Gasteiger partial charge in [-0.15, -0.1) is 0 Å². The van der Waals surface area contributed by atoms with Crippen LogP contribution in [0, 0.1) is 0 Å². The van der Waals surface area contributed by atoms with Gasteiger partial charge in [-0.05, 0) is 28.7 Å². The van der Waals surface area contributed by atoms with Gasteiger partial charge in [0.25, 0.3) is 0 Å². The van der Waals surface area contributed by atoms with Crippen molar-refractivity contribution in [1.29, 1.82) is 0 Å². The molecule has 0 unspecified atom stereocenters. The van der Waals surface area contributed by atoms with Gasteiger partial charge in [0.05, 0.1) is 0 Å². The predicted octanol–water partition coefficient (Wildman–Crippen LogP) is 6.34. The van der Waals surface area contributed by atoms with Crippen molar-refractivity contribution in [3.8, 4) is 11.1 Å². The highest BCUT2D eigenvalue weighted by molar-refractivity contribution is 5.76. The fourth-order valence-corrected chi connectivity index (χ4v) is 2.08. The second-order valence-electron chi connectivity index (χ2n) is 4.20. The summed E-state index contributed by atoms with van der Waals surface area (Å²) in [5.41, 5.74) is 5.75. The molecule has 1 aliphatic rings. The van der Waals surface area contributed by atoms with E-state index in [4.69, 9.17) is 0 Å². The topological polar surface area (TPSA) is 0 Å². The minimum atomic E-state index is 0. The molecule has 0 saturated carbocycles. The van der Waals surface area contributed by atoms with E-state index in [-0.39, 0.29) is 7.43 Å². The Kier molecular flexibility index (Phi) is 8.61. The van der Waals surface area contributed by atoms with Crippen molar-refractivity contribution in [1.82, 2.24) is 0 Å². The zero-order chi connectivity index (χ0) is 13.4. The fraction of sp³-hybridized carbons (Fsp3) is 0.368. The van der Waals surface area contributed by atoms with E-state index in [1.54, 1.807) is 0 Å². The molecule has 1 aliphatic carbocycles. The minimum Gasteiger partial charge on any atom is -0.0776 e. The van der Waals surface area contributed by atoms with Crippen molar-refractivity contribution < 1.29 is 0 Å². The molecular weight excluding hydrogens is 228 g/mol. The van der Waals surface area contributed by atoms with E-state index in [1.165, 1.54) is 28.7 Å². The van der Waals surface area contributed by atoms with Crippen LogP contribution >= 0.6 is 0 Å². The Morgan fingerprint density at radius 3 is 1.42 bits per heavy atom. The van der Waals surface area contributed by atoms with Crippen LogP contribution in [-0.4, -0.2) is 0 Å². The smallest absolute Gasteiger partial charge is 0.00135 e. The third kappa shape index (κ3) is 4.24. The molecule has 0 aliphatic heterocycles. The van der Waals surface area contributed by atoms with Crippen molar-refractivity contribution in [2.24, 2.45) is 0 Å². The van der Waals surface area contributed by atoms with Gasteiger partial charge >= 0.3 is 0 Å². The number of benzene rings is 2. The van der Waals surface area contributed by atoms with Gasteiger partial charge in [-0.1, -0.05) is 90.1 Å². The van der Waals surface area contributed by atoms with Crippen LogP contribution in [0.15, 0.2) is 48.5 Å². The first-order chi connectivity index (χ1) is 8.86. The molecule has 0 N–H and O–H groups in total. The summed E-state index contributed by atoms with van der Waals surface area (Å²) in [5, 5.41) is 0. The van der Waals surface area contributed by atoms with Gasteiger partial charge in [0.15, 0.2) is 0 Å². The first kappa shape index (κ1) is 17.4. The van der Waals surface area contributed by atoms with E-state index < -0.39 is 0 Å². The summed E-state index contributed by atoms with van der Waals surface area (Å²) in [6, 6.07) is 17.3. The van der Waals surface area contributed by atoms with E-state index >= 15 is 0 Å². The van der Waals surface area contributed by atoms with Gasteiger partial charge in [0.1, 0.15) is 0 Å². The molecule has 0 saturated heterocycles. The molecule has 0 atom stereocenters. The largest absolute Gasteiger partial charge is 0.0776 e. The summed E-state index contributed by atoms with van der Waals surface area (Å²) in [6.45, 7) is 8.25. The first-order valence-electron chi connectivity index (χ1n) is 7.03. The van der Waals surface area contributed by atoms with E-state index in [0.717, 1.165) is 6.42 Å². The Bertz CT molecular complexity index is 425. The summed E-state index contributed by atoms with van der Waals surface area (Å²) in [7, 11) is 0. The highest BCUT2D eigenvalue weighted by Gasteiger charge is 2.15. The van der Waals surface area contributed by atoms with E-state index in [1.807, 2.05) is 13.8 Å². The Labute approximate surface area is 119 Å². The lowest BCUT2D eigenvalue weighted by Gasteiger charge is -1.98. The second kappa shape index (κ2) is 9.38. The maximum atomic E-state index is 2.22. The summed E-state index contributed by atoms with van der Waals surface area (Å²) >= 11 is 0. The number of fused-ring (bicyclic) bond motifs is 3. The number of hydrogen-bond donors (Lipinski definition) is 0. The molecule has 19 heavy (non-hydrogen) atoms. The van der Waals surface area contributed by atoms with E-state index in [2.05, 4.69) is 62.4 Å². The molecule has 0 aromatic heterocycles. The maximum Gasteiger partial charge on any atom is -0.00135 e. The molecule has 0 radical (unpaired) electrons. The van der Waals surface area contributed by atoms with Gasteiger partial charge in [-0.3, -0.25) is 0 Å². The van der Waals surface area contributed by atoms with Crippen LogP contribution in [0.1, 0.15) is 52.7 Å². The molecule has 0 nitrogen and oxygen atoms in total. The van der Waals surface area contributed by atoms with Crippen LogP contribution in [0.2, 0.25) is 0 Å².